The maximum Gasteiger partial charge on any atom is 0.224 e. The Kier molecular flexibility index (Phi) is 6.15. The molecule has 3 rings (SSSR count). The number of nitrogens with one attached hydrogen (secondary N) is 1. The number of hydrogen-bond donors (Lipinski definition) is 1. The van der Waals surface area contributed by atoms with E-state index in [4.69, 9.17) is 4.74 Å². The summed E-state index contributed by atoms with van der Waals surface area (Å²) in [5.74, 6) is -0.0237. The molecular formula is C22H19F2NO2. The minimum absolute atomic E-state index is 0.127. The van der Waals surface area contributed by atoms with E-state index in [0.29, 0.717) is 18.9 Å². The van der Waals surface area contributed by atoms with E-state index in [1.807, 2.05) is 24.3 Å². The summed E-state index contributed by atoms with van der Waals surface area (Å²) in [5, 5.41) is 2.84. The van der Waals surface area contributed by atoms with Crippen molar-refractivity contribution in [2.24, 2.45) is 0 Å². The molecule has 27 heavy (non-hydrogen) atoms. The monoisotopic (exact) mass is 367 g/mol. The first-order valence-corrected chi connectivity index (χ1v) is 8.56. The summed E-state index contributed by atoms with van der Waals surface area (Å²) in [6.07, 6.45) is 0.207. The normalized spacial score (nSPS) is 10.4. The van der Waals surface area contributed by atoms with Crippen LogP contribution in [0.1, 0.15) is 16.7 Å². The molecule has 0 aliphatic rings. The van der Waals surface area contributed by atoms with Gasteiger partial charge in [0.1, 0.15) is 24.0 Å². The summed E-state index contributed by atoms with van der Waals surface area (Å²) >= 11 is 0. The predicted octanol–water partition coefficient (Wildman–Crippen LogP) is 4.40. The summed E-state index contributed by atoms with van der Waals surface area (Å²) in [7, 11) is 0. The fourth-order valence-corrected chi connectivity index (χ4v) is 2.50. The molecule has 0 spiro atoms. The Balaban J connectivity index is 1.45. The molecule has 3 aromatic carbocycles. The molecule has 0 saturated heterocycles. The average molecular weight is 367 g/mol. The van der Waals surface area contributed by atoms with E-state index in [9.17, 15) is 13.6 Å². The van der Waals surface area contributed by atoms with Crippen LogP contribution in [-0.4, -0.2) is 5.91 Å². The van der Waals surface area contributed by atoms with Crippen molar-refractivity contribution in [3.63, 3.8) is 0 Å². The number of amides is 1. The number of rotatable bonds is 7. The zero-order valence-electron chi connectivity index (χ0n) is 14.6. The number of benzene rings is 3. The first-order chi connectivity index (χ1) is 13.1. The van der Waals surface area contributed by atoms with Crippen LogP contribution in [0.5, 0.6) is 5.75 Å². The number of carbonyl (C=O) groups is 1. The second kappa shape index (κ2) is 8.94. The number of carbonyl (C=O) groups excluding carboxylic acids is 1. The molecule has 3 nitrogen and oxygen atoms in total. The Morgan fingerprint density at radius 2 is 1.26 bits per heavy atom. The molecule has 0 aliphatic carbocycles. The molecule has 5 heteroatoms. The molecule has 1 amide bonds. The SMILES string of the molecule is O=C(Cc1ccc(F)cc1)NCc1ccc(OCc2ccc(F)cc2)cc1. The number of hydrogen-bond acceptors (Lipinski definition) is 2. The third-order valence-corrected chi connectivity index (χ3v) is 4.01. The lowest BCUT2D eigenvalue weighted by Gasteiger charge is -2.09. The average Bonchev–Trinajstić information content (AvgIpc) is 2.68. The van der Waals surface area contributed by atoms with Gasteiger partial charge in [-0.15, -0.1) is 0 Å². The lowest BCUT2D eigenvalue weighted by molar-refractivity contribution is -0.120. The van der Waals surface area contributed by atoms with Gasteiger partial charge in [0.15, 0.2) is 0 Å². The summed E-state index contributed by atoms with van der Waals surface area (Å²) in [6.45, 7) is 0.756. The van der Waals surface area contributed by atoms with Crippen molar-refractivity contribution in [3.8, 4) is 5.75 Å². The Morgan fingerprint density at radius 3 is 1.85 bits per heavy atom. The fraction of sp³-hybridized carbons (Fsp3) is 0.136. The minimum atomic E-state index is -0.319. The summed E-state index contributed by atoms with van der Waals surface area (Å²) in [5.41, 5.74) is 2.59. The first kappa shape index (κ1) is 18.6. The van der Waals surface area contributed by atoms with Crippen LogP contribution in [0.25, 0.3) is 0 Å². The summed E-state index contributed by atoms with van der Waals surface area (Å²) in [6, 6.07) is 19.4. The molecular weight excluding hydrogens is 348 g/mol. The third kappa shape index (κ3) is 5.92. The van der Waals surface area contributed by atoms with Crippen molar-refractivity contribution < 1.29 is 18.3 Å². The molecule has 0 atom stereocenters. The van der Waals surface area contributed by atoms with Gasteiger partial charge in [0.2, 0.25) is 5.91 Å². The lowest BCUT2D eigenvalue weighted by Crippen LogP contribution is -2.24. The van der Waals surface area contributed by atoms with Crippen LogP contribution in [-0.2, 0) is 24.4 Å². The minimum Gasteiger partial charge on any atom is -0.489 e. The second-order valence-electron chi connectivity index (χ2n) is 6.14. The van der Waals surface area contributed by atoms with Crippen molar-refractivity contribution in [2.75, 3.05) is 0 Å². The van der Waals surface area contributed by atoms with Gasteiger partial charge in [0, 0.05) is 6.54 Å². The van der Waals surface area contributed by atoms with Gasteiger partial charge in [-0.3, -0.25) is 4.79 Å². The maximum atomic E-state index is 12.9. The highest BCUT2D eigenvalue weighted by molar-refractivity contribution is 5.78. The molecule has 0 aromatic heterocycles. The van der Waals surface area contributed by atoms with Crippen LogP contribution >= 0.6 is 0 Å². The van der Waals surface area contributed by atoms with Crippen LogP contribution in [0.2, 0.25) is 0 Å². The molecule has 0 aliphatic heterocycles. The van der Waals surface area contributed by atoms with Gasteiger partial charge < -0.3 is 10.1 Å². The Hall–Kier alpha value is -3.21. The zero-order valence-corrected chi connectivity index (χ0v) is 14.6. The zero-order chi connectivity index (χ0) is 19.1. The largest absolute Gasteiger partial charge is 0.489 e. The summed E-state index contributed by atoms with van der Waals surface area (Å²) in [4.78, 5) is 12.0. The highest BCUT2D eigenvalue weighted by Gasteiger charge is 2.04. The lowest BCUT2D eigenvalue weighted by atomic mass is 10.1. The quantitative estimate of drug-likeness (QED) is 0.672. The van der Waals surface area contributed by atoms with Gasteiger partial charge >= 0.3 is 0 Å². The van der Waals surface area contributed by atoms with E-state index >= 15 is 0 Å². The van der Waals surface area contributed by atoms with Crippen molar-refractivity contribution in [1.82, 2.24) is 5.32 Å². The Labute approximate surface area is 156 Å². The number of ether oxygens (including phenoxy) is 1. The van der Waals surface area contributed by atoms with Crippen LogP contribution in [0.3, 0.4) is 0 Å². The molecule has 0 fully saturated rings. The fourth-order valence-electron chi connectivity index (χ4n) is 2.50. The van der Waals surface area contributed by atoms with E-state index in [2.05, 4.69) is 5.32 Å². The molecule has 3 aromatic rings. The molecule has 0 bridgehead atoms. The predicted molar refractivity (Wildman–Crippen MR) is 99.1 cm³/mol. The maximum absolute atomic E-state index is 12.9. The van der Waals surface area contributed by atoms with Crippen molar-refractivity contribution in [2.45, 2.75) is 19.6 Å². The third-order valence-electron chi connectivity index (χ3n) is 4.01. The van der Waals surface area contributed by atoms with Crippen LogP contribution in [0.15, 0.2) is 72.8 Å². The Morgan fingerprint density at radius 1 is 0.741 bits per heavy atom. The highest BCUT2D eigenvalue weighted by atomic mass is 19.1. The van der Waals surface area contributed by atoms with Crippen LogP contribution in [0, 0.1) is 11.6 Å². The molecule has 0 unspecified atom stereocenters. The standard InChI is InChI=1S/C22H19F2NO2/c23-19-7-1-16(2-8-19)13-22(26)25-14-17-5-11-21(12-6-17)27-15-18-3-9-20(24)10-4-18/h1-12H,13-15H2,(H,25,26). The van der Waals surface area contributed by atoms with E-state index in [1.54, 1.807) is 24.3 Å². The summed E-state index contributed by atoms with van der Waals surface area (Å²) < 4.78 is 31.4. The molecule has 0 heterocycles. The van der Waals surface area contributed by atoms with E-state index < -0.39 is 0 Å². The topological polar surface area (TPSA) is 38.3 Å². The van der Waals surface area contributed by atoms with Crippen molar-refractivity contribution >= 4 is 5.91 Å². The first-order valence-electron chi connectivity index (χ1n) is 8.56. The van der Waals surface area contributed by atoms with Gasteiger partial charge in [-0.25, -0.2) is 8.78 Å². The van der Waals surface area contributed by atoms with Gasteiger partial charge in [-0.05, 0) is 53.1 Å². The van der Waals surface area contributed by atoms with Crippen LogP contribution in [0.4, 0.5) is 8.78 Å². The van der Waals surface area contributed by atoms with E-state index in [-0.39, 0.29) is 24.0 Å². The van der Waals surface area contributed by atoms with Gasteiger partial charge in [-0.1, -0.05) is 36.4 Å². The molecule has 138 valence electrons. The van der Waals surface area contributed by atoms with Crippen molar-refractivity contribution in [3.05, 3.63) is 101 Å². The van der Waals surface area contributed by atoms with E-state index in [0.717, 1.165) is 16.7 Å². The molecule has 0 saturated carbocycles. The van der Waals surface area contributed by atoms with Crippen molar-refractivity contribution in [1.29, 1.82) is 0 Å². The number of halogens is 2. The molecule has 1 N–H and O–H groups in total. The van der Waals surface area contributed by atoms with Gasteiger partial charge in [0.25, 0.3) is 0 Å². The van der Waals surface area contributed by atoms with Gasteiger partial charge in [0.05, 0.1) is 6.42 Å². The molecule has 0 radical (unpaired) electrons. The highest BCUT2D eigenvalue weighted by Crippen LogP contribution is 2.14. The Bertz CT molecular complexity index is 876. The van der Waals surface area contributed by atoms with Crippen LogP contribution < -0.4 is 10.1 Å². The van der Waals surface area contributed by atoms with Gasteiger partial charge in [-0.2, -0.15) is 0 Å². The second-order valence-corrected chi connectivity index (χ2v) is 6.14. The van der Waals surface area contributed by atoms with E-state index in [1.165, 1.54) is 24.3 Å². The smallest absolute Gasteiger partial charge is 0.224 e.